The molecule has 0 atom stereocenters. The summed E-state index contributed by atoms with van der Waals surface area (Å²) in [7, 11) is 3.24. The summed E-state index contributed by atoms with van der Waals surface area (Å²) in [4.78, 5) is 12.8. The number of thioether (sulfide) groups is 1. The number of aromatic nitrogens is 3. The van der Waals surface area contributed by atoms with Crippen LogP contribution in [-0.4, -0.2) is 40.6 Å². The molecular formula is C30H32N4O4S. The van der Waals surface area contributed by atoms with Crippen LogP contribution in [0.5, 0.6) is 23.0 Å². The van der Waals surface area contributed by atoms with Crippen molar-refractivity contribution in [2.24, 2.45) is 0 Å². The van der Waals surface area contributed by atoms with Gasteiger partial charge in [-0.3, -0.25) is 9.36 Å². The first kappa shape index (κ1) is 26.6. The summed E-state index contributed by atoms with van der Waals surface area (Å²) in [5, 5.41) is 12.8. The summed E-state index contributed by atoms with van der Waals surface area (Å²) in [6.07, 6.45) is 5.71. The molecule has 1 saturated carbocycles. The Balaban J connectivity index is 1.28. The van der Waals surface area contributed by atoms with Gasteiger partial charge in [-0.2, -0.15) is 0 Å². The summed E-state index contributed by atoms with van der Waals surface area (Å²) in [5.41, 5.74) is 1.61. The molecule has 3 aromatic carbocycles. The van der Waals surface area contributed by atoms with Crippen LogP contribution in [0.15, 0.2) is 78.0 Å². The van der Waals surface area contributed by atoms with Gasteiger partial charge in [0.15, 0.2) is 22.5 Å². The van der Waals surface area contributed by atoms with Gasteiger partial charge in [-0.25, -0.2) is 0 Å². The normalized spacial score (nSPS) is 13.6. The molecule has 1 N–H and O–H groups in total. The van der Waals surface area contributed by atoms with E-state index in [1.54, 1.807) is 14.2 Å². The molecule has 1 aliphatic rings. The van der Waals surface area contributed by atoms with Crippen LogP contribution in [0.4, 0.5) is 5.69 Å². The van der Waals surface area contributed by atoms with E-state index >= 15 is 0 Å². The lowest BCUT2D eigenvalue weighted by Crippen LogP contribution is -2.17. The second-order valence-corrected chi connectivity index (χ2v) is 10.3. The fourth-order valence-electron chi connectivity index (χ4n) is 4.77. The van der Waals surface area contributed by atoms with Crippen molar-refractivity contribution in [1.82, 2.24) is 14.8 Å². The fourth-order valence-corrected chi connectivity index (χ4v) is 5.58. The zero-order chi connectivity index (χ0) is 27.0. The minimum Gasteiger partial charge on any atom is -0.493 e. The molecule has 1 aliphatic carbocycles. The highest BCUT2D eigenvalue weighted by Crippen LogP contribution is 2.38. The quantitative estimate of drug-likeness (QED) is 0.215. The minimum absolute atomic E-state index is 0.109. The van der Waals surface area contributed by atoms with E-state index in [1.807, 2.05) is 72.8 Å². The molecule has 1 heterocycles. The van der Waals surface area contributed by atoms with Crippen LogP contribution in [0.1, 0.15) is 38.1 Å². The Morgan fingerprint density at radius 3 is 2.33 bits per heavy atom. The molecule has 0 radical (unpaired) electrons. The van der Waals surface area contributed by atoms with Gasteiger partial charge in [0, 0.05) is 17.3 Å². The van der Waals surface area contributed by atoms with E-state index in [0.29, 0.717) is 29.0 Å². The Hall–Kier alpha value is -3.98. The van der Waals surface area contributed by atoms with E-state index in [2.05, 4.69) is 20.1 Å². The third-order valence-corrected chi connectivity index (χ3v) is 7.64. The molecule has 8 nitrogen and oxygen atoms in total. The van der Waals surface area contributed by atoms with Crippen LogP contribution < -0.4 is 19.5 Å². The van der Waals surface area contributed by atoms with Crippen LogP contribution in [-0.2, 0) is 4.79 Å². The maximum atomic E-state index is 12.8. The van der Waals surface area contributed by atoms with E-state index in [1.165, 1.54) is 31.0 Å². The van der Waals surface area contributed by atoms with Gasteiger partial charge in [0.2, 0.25) is 5.91 Å². The number of hydrogen-bond donors (Lipinski definition) is 1. The third kappa shape index (κ3) is 6.54. The van der Waals surface area contributed by atoms with Crippen molar-refractivity contribution in [2.75, 3.05) is 25.3 Å². The molecule has 5 rings (SSSR count). The summed E-state index contributed by atoms with van der Waals surface area (Å²) < 4.78 is 19.0. The Labute approximate surface area is 232 Å². The van der Waals surface area contributed by atoms with Gasteiger partial charge in [0.25, 0.3) is 0 Å². The van der Waals surface area contributed by atoms with E-state index in [4.69, 9.17) is 14.2 Å². The average Bonchev–Trinajstić information content (AvgIpc) is 3.42. The molecule has 1 aromatic heterocycles. The smallest absolute Gasteiger partial charge is 0.234 e. The molecule has 0 aliphatic heterocycles. The molecule has 4 aromatic rings. The molecule has 0 unspecified atom stereocenters. The Kier molecular flexibility index (Phi) is 8.68. The molecule has 0 spiro atoms. The number of nitrogens with one attached hydrogen (secondary N) is 1. The molecule has 9 heteroatoms. The second kappa shape index (κ2) is 12.7. The molecule has 1 amide bonds. The van der Waals surface area contributed by atoms with Crippen LogP contribution >= 0.6 is 11.8 Å². The first-order chi connectivity index (χ1) is 19.1. The predicted octanol–water partition coefficient (Wildman–Crippen LogP) is 6.99. The third-order valence-electron chi connectivity index (χ3n) is 6.70. The van der Waals surface area contributed by atoms with E-state index in [0.717, 1.165) is 35.1 Å². The van der Waals surface area contributed by atoms with Crippen molar-refractivity contribution in [1.29, 1.82) is 0 Å². The number of amides is 1. The highest BCUT2D eigenvalue weighted by molar-refractivity contribution is 7.99. The number of nitrogens with zero attached hydrogens (tertiary/aromatic N) is 3. The zero-order valence-electron chi connectivity index (χ0n) is 22.1. The van der Waals surface area contributed by atoms with Crippen LogP contribution in [0.2, 0.25) is 0 Å². The summed E-state index contributed by atoms with van der Waals surface area (Å²) in [6.45, 7) is 0. The maximum Gasteiger partial charge on any atom is 0.234 e. The standard InChI is InChI=1S/C30H32N4O4S/c1-36-26-18-13-21(19-27(26)37-2)29-32-33-30(34(29)23-9-5-3-6-10-23)39-20-28(35)31-22-14-16-25(17-15-22)38-24-11-7-4-8-12-24/h4,7-8,11-19,23H,3,5-6,9-10,20H2,1-2H3,(H,31,35). The summed E-state index contributed by atoms with van der Waals surface area (Å²) >= 11 is 1.40. The number of anilines is 1. The van der Waals surface area contributed by atoms with Gasteiger partial charge in [-0.05, 0) is 67.4 Å². The fraction of sp³-hybridized carbons (Fsp3) is 0.300. The van der Waals surface area contributed by atoms with Gasteiger partial charge < -0.3 is 19.5 Å². The average molecular weight is 545 g/mol. The van der Waals surface area contributed by atoms with E-state index in [-0.39, 0.29) is 11.7 Å². The van der Waals surface area contributed by atoms with Crippen molar-refractivity contribution in [3.63, 3.8) is 0 Å². The number of rotatable bonds is 10. The minimum atomic E-state index is -0.109. The molecule has 0 bridgehead atoms. The van der Waals surface area contributed by atoms with Gasteiger partial charge >= 0.3 is 0 Å². The lowest BCUT2D eigenvalue weighted by atomic mass is 9.95. The molecule has 202 valence electrons. The first-order valence-electron chi connectivity index (χ1n) is 13.1. The van der Waals surface area contributed by atoms with Crippen molar-refractivity contribution < 1.29 is 19.0 Å². The SMILES string of the molecule is COc1ccc(-c2nnc(SCC(=O)Nc3ccc(Oc4ccccc4)cc3)n2C2CCCCC2)cc1OC. The lowest BCUT2D eigenvalue weighted by molar-refractivity contribution is -0.113. The topological polar surface area (TPSA) is 87.5 Å². The maximum absolute atomic E-state index is 12.8. The van der Waals surface area contributed by atoms with Gasteiger partial charge in [0.1, 0.15) is 11.5 Å². The van der Waals surface area contributed by atoms with E-state index < -0.39 is 0 Å². The summed E-state index contributed by atoms with van der Waals surface area (Å²) in [6, 6.07) is 23.0. The monoisotopic (exact) mass is 544 g/mol. The molecule has 1 fully saturated rings. The van der Waals surface area contributed by atoms with Crippen LogP contribution in [0.25, 0.3) is 11.4 Å². The summed E-state index contributed by atoms with van der Waals surface area (Å²) in [5.74, 6) is 3.66. The number of benzene rings is 3. The number of methoxy groups -OCH3 is 2. The van der Waals surface area contributed by atoms with Crippen LogP contribution in [0.3, 0.4) is 0 Å². The van der Waals surface area contributed by atoms with Crippen molar-refractivity contribution in [3.05, 3.63) is 72.8 Å². The predicted molar refractivity (Wildman–Crippen MR) is 153 cm³/mol. The van der Waals surface area contributed by atoms with Gasteiger partial charge in [-0.1, -0.05) is 49.2 Å². The van der Waals surface area contributed by atoms with E-state index in [9.17, 15) is 4.79 Å². The van der Waals surface area contributed by atoms with Gasteiger partial charge in [0.05, 0.1) is 20.0 Å². The highest BCUT2D eigenvalue weighted by atomic mass is 32.2. The van der Waals surface area contributed by atoms with Crippen molar-refractivity contribution >= 4 is 23.4 Å². The number of carbonyl (C=O) groups is 1. The second-order valence-electron chi connectivity index (χ2n) is 9.31. The number of ether oxygens (including phenoxy) is 3. The molecule has 39 heavy (non-hydrogen) atoms. The van der Waals surface area contributed by atoms with Crippen LogP contribution in [0, 0.1) is 0 Å². The van der Waals surface area contributed by atoms with Crippen molar-refractivity contribution in [2.45, 2.75) is 43.3 Å². The first-order valence-corrected chi connectivity index (χ1v) is 14.1. The van der Waals surface area contributed by atoms with Gasteiger partial charge in [-0.15, -0.1) is 10.2 Å². The largest absolute Gasteiger partial charge is 0.493 e. The molecule has 0 saturated heterocycles. The number of hydrogen-bond acceptors (Lipinski definition) is 7. The zero-order valence-corrected chi connectivity index (χ0v) is 22.9. The Bertz CT molecular complexity index is 1390. The lowest BCUT2D eigenvalue weighted by Gasteiger charge is -2.25. The molecular weight excluding hydrogens is 512 g/mol. The Morgan fingerprint density at radius 2 is 1.62 bits per heavy atom. The van der Waals surface area contributed by atoms with Crippen molar-refractivity contribution in [3.8, 4) is 34.4 Å². The highest BCUT2D eigenvalue weighted by Gasteiger charge is 2.25. The number of para-hydroxylation sites is 1. The Morgan fingerprint density at radius 1 is 0.897 bits per heavy atom. The number of carbonyl (C=O) groups excluding carboxylic acids is 1.